The summed E-state index contributed by atoms with van der Waals surface area (Å²) in [7, 11) is 0. The number of nitrogens with zero attached hydrogens (tertiary/aromatic N) is 1. The Kier molecular flexibility index (Phi) is 5.24. The van der Waals surface area contributed by atoms with Crippen LogP contribution in [0.25, 0.3) is 0 Å². The summed E-state index contributed by atoms with van der Waals surface area (Å²) in [6, 6.07) is 15.2. The highest BCUT2D eigenvalue weighted by Crippen LogP contribution is 2.28. The number of thioether (sulfide) groups is 1. The van der Waals surface area contributed by atoms with E-state index in [1.165, 1.54) is 11.1 Å². The highest BCUT2D eigenvalue weighted by molar-refractivity contribution is 8.00. The molecule has 2 rings (SSSR count). The van der Waals surface area contributed by atoms with Crippen molar-refractivity contribution in [1.29, 1.82) is 5.26 Å². The molecule has 1 amide bonds. The number of nitriles is 1. The normalized spacial score (nSPS) is 11.5. The fourth-order valence-electron chi connectivity index (χ4n) is 2.05. The maximum Gasteiger partial charge on any atom is 0.237 e. The van der Waals surface area contributed by atoms with Crippen LogP contribution in [-0.2, 0) is 4.79 Å². The third kappa shape index (κ3) is 4.12. The molecule has 0 aliphatic heterocycles. The van der Waals surface area contributed by atoms with Crippen molar-refractivity contribution in [2.75, 3.05) is 5.32 Å². The summed E-state index contributed by atoms with van der Waals surface area (Å²) in [4.78, 5) is 13.4. The Hall–Kier alpha value is -2.25. The summed E-state index contributed by atoms with van der Waals surface area (Å²) in [6.07, 6.45) is 0. The Morgan fingerprint density at radius 3 is 2.45 bits per heavy atom. The second-order valence-corrected chi connectivity index (χ2v) is 6.59. The Balaban J connectivity index is 2.01. The lowest BCUT2D eigenvalue weighted by Crippen LogP contribution is -2.22. The number of carbonyl (C=O) groups excluding carboxylic acids is 1. The quantitative estimate of drug-likeness (QED) is 0.857. The fraction of sp³-hybridized carbons (Fsp3) is 0.222. The van der Waals surface area contributed by atoms with E-state index in [4.69, 9.17) is 5.26 Å². The zero-order valence-electron chi connectivity index (χ0n) is 12.9. The molecule has 0 radical (unpaired) electrons. The predicted molar refractivity (Wildman–Crippen MR) is 91.0 cm³/mol. The van der Waals surface area contributed by atoms with E-state index in [1.54, 1.807) is 36.0 Å². The maximum atomic E-state index is 12.3. The van der Waals surface area contributed by atoms with Gasteiger partial charge in [0, 0.05) is 10.6 Å². The SMILES string of the molecule is Cc1ccc(S[C@H](C)C(=O)Nc2ccc(C#N)cc2)c(C)c1. The molecule has 2 aromatic rings. The first kappa shape index (κ1) is 16.1. The lowest BCUT2D eigenvalue weighted by Gasteiger charge is -2.14. The molecule has 0 heterocycles. The van der Waals surface area contributed by atoms with E-state index in [0.29, 0.717) is 11.3 Å². The highest BCUT2D eigenvalue weighted by Gasteiger charge is 2.15. The van der Waals surface area contributed by atoms with Crippen LogP contribution in [0.3, 0.4) is 0 Å². The van der Waals surface area contributed by atoms with Crippen LogP contribution in [0.1, 0.15) is 23.6 Å². The maximum absolute atomic E-state index is 12.3. The average Bonchev–Trinajstić information content (AvgIpc) is 2.50. The standard InChI is InChI=1S/C18H18N2OS/c1-12-4-9-17(13(2)10-12)22-14(3)18(21)20-16-7-5-15(11-19)6-8-16/h4-10,14H,1-3H3,(H,20,21)/t14-/m1/s1. The number of rotatable bonds is 4. The lowest BCUT2D eigenvalue weighted by molar-refractivity contribution is -0.115. The van der Waals surface area contributed by atoms with Crippen LogP contribution in [-0.4, -0.2) is 11.2 Å². The van der Waals surface area contributed by atoms with E-state index in [2.05, 4.69) is 43.4 Å². The van der Waals surface area contributed by atoms with Gasteiger partial charge in [-0.15, -0.1) is 11.8 Å². The van der Waals surface area contributed by atoms with Gasteiger partial charge >= 0.3 is 0 Å². The van der Waals surface area contributed by atoms with Crippen LogP contribution >= 0.6 is 11.8 Å². The van der Waals surface area contributed by atoms with E-state index in [0.717, 1.165) is 4.90 Å². The number of hydrogen-bond donors (Lipinski definition) is 1. The van der Waals surface area contributed by atoms with Gasteiger partial charge in [-0.25, -0.2) is 0 Å². The molecule has 3 nitrogen and oxygen atoms in total. The third-order valence-corrected chi connectivity index (χ3v) is 4.56. The van der Waals surface area contributed by atoms with Gasteiger partial charge in [-0.2, -0.15) is 5.26 Å². The van der Waals surface area contributed by atoms with E-state index in [1.807, 2.05) is 6.92 Å². The molecule has 112 valence electrons. The van der Waals surface area contributed by atoms with Crippen LogP contribution < -0.4 is 5.32 Å². The van der Waals surface area contributed by atoms with Gasteiger partial charge in [0.1, 0.15) is 0 Å². The summed E-state index contributed by atoms with van der Waals surface area (Å²) in [6.45, 7) is 6.01. The summed E-state index contributed by atoms with van der Waals surface area (Å²) < 4.78 is 0. The van der Waals surface area contributed by atoms with Crippen LogP contribution in [0.15, 0.2) is 47.4 Å². The molecule has 0 fully saturated rings. The summed E-state index contributed by atoms with van der Waals surface area (Å²) in [5, 5.41) is 11.4. The molecule has 0 aliphatic rings. The minimum atomic E-state index is -0.197. The molecule has 0 spiro atoms. The highest BCUT2D eigenvalue weighted by atomic mass is 32.2. The molecule has 0 aliphatic carbocycles. The molecular weight excluding hydrogens is 292 g/mol. The third-order valence-electron chi connectivity index (χ3n) is 3.28. The number of benzene rings is 2. The van der Waals surface area contributed by atoms with Gasteiger partial charge in [0.05, 0.1) is 16.9 Å². The van der Waals surface area contributed by atoms with E-state index < -0.39 is 0 Å². The lowest BCUT2D eigenvalue weighted by atomic mass is 10.2. The Morgan fingerprint density at radius 2 is 1.86 bits per heavy atom. The minimum Gasteiger partial charge on any atom is -0.325 e. The van der Waals surface area contributed by atoms with E-state index >= 15 is 0 Å². The monoisotopic (exact) mass is 310 g/mol. The molecule has 0 saturated carbocycles. The summed E-state index contributed by atoms with van der Waals surface area (Å²) in [5.41, 5.74) is 3.69. The molecule has 1 atom stereocenters. The molecule has 22 heavy (non-hydrogen) atoms. The molecule has 0 bridgehead atoms. The van der Waals surface area contributed by atoms with Crippen LogP contribution in [0.2, 0.25) is 0 Å². The van der Waals surface area contributed by atoms with Gasteiger partial charge in [-0.05, 0) is 56.7 Å². The van der Waals surface area contributed by atoms with Gasteiger partial charge in [0.25, 0.3) is 0 Å². The van der Waals surface area contributed by atoms with Gasteiger partial charge in [0.2, 0.25) is 5.91 Å². The molecule has 0 unspecified atom stereocenters. The largest absolute Gasteiger partial charge is 0.325 e. The van der Waals surface area contributed by atoms with Gasteiger partial charge < -0.3 is 5.32 Å². The van der Waals surface area contributed by atoms with Crippen molar-refractivity contribution in [3.05, 3.63) is 59.2 Å². The first-order chi connectivity index (χ1) is 10.5. The van der Waals surface area contributed by atoms with Gasteiger partial charge in [-0.1, -0.05) is 17.7 Å². The van der Waals surface area contributed by atoms with Crippen molar-refractivity contribution < 1.29 is 4.79 Å². The number of nitrogens with one attached hydrogen (secondary N) is 1. The molecule has 1 N–H and O–H groups in total. The number of carbonyl (C=O) groups is 1. The smallest absolute Gasteiger partial charge is 0.237 e. The Morgan fingerprint density at radius 1 is 1.18 bits per heavy atom. The zero-order chi connectivity index (χ0) is 16.1. The number of aryl methyl sites for hydroxylation is 2. The Labute approximate surface area is 135 Å². The average molecular weight is 310 g/mol. The molecule has 0 aromatic heterocycles. The first-order valence-corrected chi connectivity index (χ1v) is 7.92. The van der Waals surface area contributed by atoms with Crippen molar-refractivity contribution in [1.82, 2.24) is 0 Å². The molecular formula is C18H18N2OS. The second-order valence-electron chi connectivity index (χ2n) is 5.21. The van der Waals surface area contributed by atoms with Crippen LogP contribution in [0, 0.1) is 25.2 Å². The molecule has 0 saturated heterocycles. The van der Waals surface area contributed by atoms with Crippen molar-refractivity contribution >= 4 is 23.4 Å². The van der Waals surface area contributed by atoms with Crippen molar-refractivity contribution in [2.24, 2.45) is 0 Å². The predicted octanol–water partition coefficient (Wildman–Crippen LogP) is 4.29. The van der Waals surface area contributed by atoms with Crippen molar-refractivity contribution in [3.63, 3.8) is 0 Å². The second kappa shape index (κ2) is 7.15. The van der Waals surface area contributed by atoms with Crippen molar-refractivity contribution in [2.45, 2.75) is 30.9 Å². The molecule has 4 heteroatoms. The van der Waals surface area contributed by atoms with E-state index in [9.17, 15) is 4.79 Å². The topological polar surface area (TPSA) is 52.9 Å². The first-order valence-electron chi connectivity index (χ1n) is 7.04. The zero-order valence-corrected chi connectivity index (χ0v) is 13.7. The summed E-state index contributed by atoms with van der Waals surface area (Å²) >= 11 is 1.55. The number of amides is 1. The molecule has 2 aromatic carbocycles. The Bertz CT molecular complexity index is 717. The van der Waals surface area contributed by atoms with Gasteiger partial charge in [-0.3, -0.25) is 4.79 Å². The summed E-state index contributed by atoms with van der Waals surface area (Å²) in [5.74, 6) is -0.0466. The minimum absolute atomic E-state index is 0.0466. The van der Waals surface area contributed by atoms with Crippen LogP contribution in [0.5, 0.6) is 0 Å². The van der Waals surface area contributed by atoms with Crippen LogP contribution in [0.4, 0.5) is 5.69 Å². The number of anilines is 1. The van der Waals surface area contributed by atoms with Crippen molar-refractivity contribution in [3.8, 4) is 6.07 Å². The van der Waals surface area contributed by atoms with Gasteiger partial charge in [0.15, 0.2) is 0 Å². The van der Waals surface area contributed by atoms with E-state index in [-0.39, 0.29) is 11.2 Å². The fourth-order valence-corrected chi connectivity index (χ4v) is 2.99. The number of hydrogen-bond acceptors (Lipinski definition) is 3.